The lowest BCUT2D eigenvalue weighted by Crippen LogP contribution is -2.23. The summed E-state index contributed by atoms with van der Waals surface area (Å²) >= 11 is 0. The van der Waals surface area contributed by atoms with Crippen molar-refractivity contribution in [2.24, 2.45) is 0 Å². The first-order chi connectivity index (χ1) is 7.24. The molecule has 1 N–H and O–H groups in total. The Morgan fingerprint density at radius 2 is 2.20 bits per heavy atom. The van der Waals surface area contributed by atoms with E-state index in [4.69, 9.17) is 6.42 Å². The number of hydrogen-bond acceptors (Lipinski definition) is 1. The van der Waals surface area contributed by atoms with E-state index in [-0.39, 0.29) is 5.91 Å². The quantitative estimate of drug-likeness (QED) is 0.738. The van der Waals surface area contributed by atoms with Gasteiger partial charge in [0.15, 0.2) is 0 Å². The second-order valence-corrected chi connectivity index (χ2v) is 3.41. The third-order valence-corrected chi connectivity index (χ3v) is 2.27. The SMILES string of the molecule is C#CCNC(=O)CCc1ccccc1C. The van der Waals surface area contributed by atoms with Crippen molar-refractivity contribution in [2.75, 3.05) is 6.54 Å². The molecular formula is C13H15NO. The molecule has 0 saturated heterocycles. The number of rotatable bonds is 4. The van der Waals surface area contributed by atoms with E-state index in [2.05, 4.69) is 24.2 Å². The Hall–Kier alpha value is -1.75. The minimum Gasteiger partial charge on any atom is -0.345 e. The van der Waals surface area contributed by atoms with E-state index in [1.807, 2.05) is 18.2 Å². The van der Waals surface area contributed by atoms with E-state index in [0.717, 1.165) is 6.42 Å². The number of nitrogens with one attached hydrogen (secondary N) is 1. The topological polar surface area (TPSA) is 29.1 Å². The van der Waals surface area contributed by atoms with Gasteiger partial charge in [0.2, 0.25) is 5.91 Å². The molecule has 0 fully saturated rings. The molecule has 0 atom stereocenters. The number of benzene rings is 1. The van der Waals surface area contributed by atoms with Gasteiger partial charge in [0.1, 0.15) is 0 Å². The molecule has 0 aromatic heterocycles. The maximum atomic E-state index is 11.3. The first kappa shape index (κ1) is 11.3. The number of terminal acetylenes is 1. The van der Waals surface area contributed by atoms with Gasteiger partial charge in [-0.1, -0.05) is 30.2 Å². The van der Waals surface area contributed by atoms with E-state index < -0.39 is 0 Å². The average molecular weight is 201 g/mol. The fourth-order valence-corrected chi connectivity index (χ4v) is 1.38. The summed E-state index contributed by atoms with van der Waals surface area (Å²) in [6.45, 7) is 2.36. The predicted octanol–water partition coefficient (Wildman–Crippen LogP) is 1.68. The fraction of sp³-hybridized carbons (Fsp3) is 0.308. The molecule has 2 heteroatoms. The van der Waals surface area contributed by atoms with Crippen LogP contribution < -0.4 is 5.32 Å². The van der Waals surface area contributed by atoms with Gasteiger partial charge in [-0.25, -0.2) is 0 Å². The minimum absolute atomic E-state index is 0.0104. The molecule has 0 spiro atoms. The minimum atomic E-state index is 0.0104. The zero-order valence-electron chi connectivity index (χ0n) is 8.92. The highest BCUT2D eigenvalue weighted by atomic mass is 16.1. The summed E-state index contributed by atoms with van der Waals surface area (Å²) in [5.74, 6) is 2.39. The molecule has 0 unspecified atom stereocenters. The monoisotopic (exact) mass is 201 g/mol. The van der Waals surface area contributed by atoms with Gasteiger partial charge < -0.3 is 5.32 Å². The van der Waals surface area contributed by atoms with Gasteiger partial charge >= 0.3 is 0 Å². The van der Waals surface area contributed by atoms with Crippen LogP contribution in [0.25, 0.3) is 0 Å². The number of hydrogen-bond donors (Lipinski definition) is 1. The second kappa shape index (κ2) is 5.87. The maximum absolute atomic E-state index is 11.3. The van der Waals surface area contributed by atoms with Crippen LogP contribution in [-0.4, -0.2) is 12.5 Å². The predicted molar refractivity (Wildman–Crippen MR) is 61.3 cm³/mol. The normalized spacial score (nSPS) is 9.33. The Morgan fingerprint density at radius 3 is 2.87 bits per heavy atom. The Morgan fingerprint density at radius 1 is 1.47 bits per heavy atom. The molecule has 0 saturated carbocycles. The molecule has 0 bridgehead atoms. The van der Waals surface area contributed by atoms with Crippen molar-refractivity contribution >= 4 is 5.91 Å². The van der Waals surface area contributed by atoms with Crippen LogP contribution in [-0.2, 0) is 11.2 Å². The van der Waals surface area contributed by atoms with Gasteiger partial charge in [0, 0.05) is 6.42 Å². The van der Waals surface area contributed by atoms with Crippen LogP contribution in [0.1, 0.15) is 17.5 Å². The lowest BCUT2D eigenvalue weighted by molar-refractivity contribution is -0.120. The molecule has 1 aromatic rings. The van der Waals surface area contributed by atoms with Crippen molar-refractivity contribution in [3.05, 3.63) is 35.4 Å². The van der Waals surface area contributed by atoms with E-state index in [0.29, 0.717) is 13.0 Å². The molecule has 0 aliphatic rings. The zero-order chi connectivity index (χ0) is 11.1. The van der Waals surface area contributed by atoms with Gasteiger partial charge in [-0.15, -0.1) is 6.42 Å². The van der Waals surface area contributed by atoms with E-state index in [9.17, 15) is 4.79 Å². The number of carbonyl (C=O) groups is 1. The molecule has 0 heterocycles. The van der Waals surface area contributed by atoms with Crippen molar-refractivity contribution in [1.82, 2.24) is 5.32 Å². The van der Waals surface area contributed by atoms with Crippen LogP contribution in [0.5, 0.6) is 0 Å². The largest absolute Gasteiger partial charge is 0.345 e. The summed E-state index contributed by atoms with van der Waals surface area (Å²) < 4.78 is 0. The van der Waals surface area contributed by atoms with Gasteiger partial charge in [-0.2, -0.15) is 0 Å². The van der Waals surface area contributed by atoms with Crippen molar-refractivity contribution in [2.45, 2.75) is 19.8 Å². The lowest BCUT2D eigenvalue weighted by atomic mass is 10.0. The van der Waals surface area contributed by atoms with Crippen LogP contribution in [0, 0.1) is 19.3 Å². The standard InChI is InChI=1S/C13H15NO/c1-3-10-14-13(15)9-8-12-7-5-4-6-11(12)2/h1,4-7H,8-10H2,2H3,(H,14,15). The summed E-state index contributed by atoms with van der Waals surface area (Å²) in [4.78, 5) is 11.3. The third kappa shape index (κ3) is 3.86. The van der Waals surface area contributed by atoms with Crippen LogP contribution in [0.15, 0.2) is 24.3 Å². The molecule has 0 aliphatic carbocycles. The maximum Gasteiger partial charge on any atom is 0.221 e. The van der Waals surface area contributed by atoms with Crippen molar-refractivity contribution in [1.29, 1.82) is 0 Å². The number of carbonyl (C=O) groups excluding carboxylic acids is 1. The summed E-state index contributed by atoms with van der Waals surface area (Å²) in [5.41, 5.74) is 2.44. The fourth-order valence-electron chi connectivity index (χ4n) is 1.38. The summed E-state index contributed by atoms with van der Waals surface area (Å²) in [7, 11) is 0. The molecule has 78 valence electrons. The average Bonchev–Trinajstić information content (AvgIpc) is 2.25. The summed E-state index contributed by atoms with van der Waals surface area (Å²) in [6, 6.07) is 8.08. The molecule has 15 heavy (non-hydrogen) atoms. The van der Waals surface area contributed by atoms with Gasteiger partial charge in [-0.3, -0.25) is 4.79 Å². The molecule has 1 aromatic carbocycles. The summed E-state index contributed by atoms with van der Waals surface area (Å²) in [6.07, 6.45) is 6.30. The van der Waals surface area contributed by atoms with Crippen LogP contribution in [0.4, 0.5) is 0 Å². The van der Waals surface area contributed by atoms with Gasteiger partial charge in [-0.05, 0) is 24.5 Å². The molecule has 1 amide bonds. The first-order valence-electron chi connectivity index (χ1n) is 4.98. The Kier molecular flexibility index (Phi) is 4.43. The molecular weight excluding hydrogens is 186 g/mol. The molecule has 0 radical (unpaired) electrons. The van der Waals surface area contributed by atoms with Gasteiger partial charge in [0.25, 0.3) is 0 Å². The molecule has 0 aliphatic heterocycles. The highest BCUT2D eigenvalue weighted by Gasteiger charge is 2.02. The Labute approximate surface area is 90.7 Å². The Balaban J connectivity index is 2.41. The summed E-state index contributed by atoms with van der Waals surface area (Å²) in [5, 5.41) is 2.65. The van der Waals surface area contributed by atoms with E-state index in [1.54, 1.807) is 0 Å². The molecule has 2 nitrogen and oxygen atoms in total. The van der Waals surface area contributed by atoms with Gasteiger partial charge in [0.05, 0.1) is 6.54 Å². The number of aryl methyl sites for hydroxylation is 2. The van der Waals surface area contributed by atoms with E-state index in [1.165, 1.54) is 11.1 Å². The third-order valence-electron chi connectivity index (χ3n) is 2.27. The number of amides is 1. The highest BCUT2D eigenvalue weighted by molar-refractivity contribution is 5.76. The first-order valence-corrected chi connectivity index (χ1v) is 4.98. The highest BCUT2D eigenvalue weighted by Crippen LogP contribution is 2.09. The van der Waals surface area contributed by atoms with Crippen LogP contribution >= 0.6 is 0 Å². The Bertz CT molecular complexity index is 376. The smallest absolute Gasteiger partial charge is 0.221 e. The zero-order valence-corrected chi connectivity index (χ0v) is 8.92. The van der Waals surface area contributed by atoms with Crippen molar-refractivity contribution < 1.29 is 4.79 Å². The van der Waals surface area contributed by atoms with Crippen molar-refractivity contribution in [3.8, 4) is 12.3 Å². The second-order valence-electron chi connectivity index (χ2n) is 3.41. The van der Waals surface area contributed by atoms with Crippen LogP contribution in [0.3, 0.4) is 0 Å². The lowest BCUT2D eigenvalue weighted by Gasteiger charge is -2.04. The van der Waals surface area contributed by atoms with Crippen LogP contribution in [0.2, 0.25) is 0 Å². The van der Waals surface area contributed by atoms with Crippen molar-refractivity contribution in [3.63, 3.8) is 0 Å². The molecule has 1 rings (SSSR count). The van der Waals surface area contributed by atoms with E-state index >= 15 is 0 Å².